The average Bonchev–Trinajstić information content (AvgIpc) is 2.62. The van der Waals surface area contributed by atoms with Gasteiger partial charge in [0.2, 0.25) is 0 Å². The van der Waals surface area contributed by atoms with Gasteiger partial charge in [-0.2, -0.15) is 0 Å². The number of ether oxygens (including phenoxy) is 2. The summed E-state index contributed by atoms with van der Waals surface area (Å²) in [5.41, 5.74) is 2.17. The van der Waals surface area contributed by atoms with Crippen molar-refractivity contribution < 1.29 is 14.3 Å². The summed E-state index contributed by atoms with van der Waals surface area (Å²) in [6.07, 6.45) is 1.83. The molecule has 0 saturated carbocycles. The number of ketones is 1. The number of Topliss-reactive ketones (excluding diaryl/α,β-unsaturated/α-hetero) is 1. The Morgan fingerprint density at radius 3 is 2.52 bits per heavy atom. The molecule has 0 heterocycles. The maximum absolute atomic E-state index is 12.4. The molecular formula is C20H17ClO3S. The first kappa shape index (κ1) is 17.6. The van der Waals surface area contributed by atoms with E-state index in [-0.39, 0.29) is 11.0 Å². The zero-order chi connectivity index (χ0) is 17.6. The maximum atomic E-state index is 12.4. The van der Waals surface area contributed by atoms with Crippen LogP contribution in [0.2, 0.25) is 5.02 Å². The van der Waals surface area contributed by atoms with E-state index in [4.69, 9.17) is 33.3 Å². The van der Waals surface area contributed by atoms with Crippen LogP contribution in [0.1, 0.15) is 30.4 Å². The molecule has 0 aromatic heterocycles. The topological polar surface area (TPSA) is 35.5 Å². The van der Waals surface area contributed by atoms with Gasteiger partial charge in [0, 0.05) is 35.6 Å². The van der Waals surface area contributed by atoms with Crippen molar-refractivity contribution in [2.45, 2.75) is 25.9 Å². The van der Waals surface area contributed by atoms with E-state index in [1.54, 1.807) is 6.07 Å². The molecule has 3 rings (SSSR count). The number of rotatable bonds is 4. The zero-order valence-corrected chi connectivity index (χ0v) is 15.1. The molecule has 0 fully saturated rings. The summed E-state index contributed by atoms with van der Waals surface area (Å²) in [4.78, 5) is 12.4. The number of allylic oxidation sites excluding steroid dienone is 2. The number of thiocarbonyl (C=S) groups is 1. The molecule has 0 N–H and O–H groups in total. The minimum Gasteiger partial charge on any atom is -0.452 e. The van der Waals surface area contributed by atoms with E-state index in [2.05, 4.69) is 0 Å². The second-order valence-corrected chi connectivity index (χ2v) is 6.42. The normalized spacial score (nSPS) is 14.4. The Morgan fingerprint density at radius 2 is 1.76 bits per heavy atom. The molecule has 0 saturated heterocycles. The average molecular weight is 373 g/mol. The largest absolute Gasteiger partial charge is 0.452 e. The minimum atomic E-state index is 0.0121. The van der Waals surface area contributed by atoms with Crippen molar-refractivity contribution in [3.05, 3.63) is 76.5 Å². The molecule has 0 radical (unpaired) electrons. The minimum absolute atomic E-state index is 0.0121. The number of carbonyl (C=O) groups excluding carboxylic acids is 1. The highest BCUT2D eigenvalue weighted by Gasteiger charge is 2.26. The van der Waals surface area contributed by atoms with Crippen LogP contribution in [-0.4, -0.2) is 11.0 Å². The van der Waals surface area contributed by atoms with Crippen LogP contribution >= 0.6 is 23.8 Å². The fraction of sp³-hybridized carbons (Fsp3) is 0.200. The SMILES string of the molecule is O=C1CCCC(OC(=S)OCc2ccccc2)=C1c1ccccc1Cl. The van der Waals surface area contributed by atoms with E-state index < -0.39 is 0 Å². The predicted octanol–water partition coefficient (Wildman–Crippen LogP) is 5.32. The monoisotopic (exact) mass is 372 g/mol. The van der Waals surface area contributed by atoms with E-state index in [0.717, 1.165) is 12.0 Å². The van der Waals surface area contributed by atoms with Gasteiger partial charge in [0.25, 0.3) is 0 Å². The third-order valence-electron chi connectivity index (χ3n) is 3.91. The first-order valence-corrected chi connectivity index (χ1v) is 8.83. The van der Waals surface area contributed by atoms with Crippen molar-refractivity contribution in [3.63, 3.8) is 0 Å². The molecule has 5 heteroatoms. The summed E-state index contributed by atoms with van der Waals surface area (Å²) in [5.74, 6) is 0.544. The Hall–Kier alpha value is -2.17. The second-order valence-electron chi connectivity index (χ2n) is 5.68. The van der Waals surface area contributed by atoms with Gasteiger partial charge in [-0.1, -0.05) is 60.1 Å². The quantitative estimate of drug-likeness (QED) is 0.680. The summed E-state index contributed by atoms with van der Waals surface area (Å²) in [6, 6.07) is 16.9. The highest BCUT2D eigenvalue weighted by atomic mass is 35.5. The molecule has 3 nitrogen and oxygen atoms in total. The number of halogens is 1. The van der Waals surface area contributed by atoms with Crippen LogP contribution in [0.15, 0.2) is 60.4 Å². The Bertz CT molecular complexity index is 815. The van der Waals surface area contributed by atoms with Gasteiger partial charge in [-0.05, 0) is 18.1 Å². The van der Waals surface area contributed by atoms with Gasteiger partial charge in [0.15, 0.2) is 5.78 Å². The first-order chi connectivity index (χ1) is 12.1. The van der Waals surface area contributed by atoms with Crippen molar-refractivity contribution in [1.29, 1.82) is 0 Å². The zero-order valence-electron chi connectivity index (χ0n) is 13.5. The number of benzene rings is 2. The van der Waals surface area contributed by atoms with Crippen molar-refractivity contribution >= 4 is 40.4 Å². The lowest BCUT2D eigenvalue weighted by Gasteiger charge is -2.20. The fourth-order valence-electron chi connectivity index (χ4n) is 2.73. The van der Waals surface area contributed by atoms with Crippen molar-refractivity contribution in [3.8, 4) is 0 Å². The van der Waals surface area contributed by atoms with Crippen molar-refractivity contribution in [1.82, 2.24) is 0 Å². The Balaban J connectivity index is 1.78. The Kier molecular flexibility index (Phi) is 5.84. The molecule has 2 aromatic rings. The highest BCUT2D eigenvalue weighted by Crippen LogP contribution is 2.34. The number of hydrogen-bond donors (Lipinski definition) is 0. The molecule has 25 heavy (non-hydrogen) atoms. The van der Waals surface area contributed by atoms with Gasteiger partial charge < -0.3 is 9.47 Å². The van der Waals surface area contributed by atoms with Crippen LogP contribution in [0, 0.1) is 0 Å². The van der Waals surface area contributed by atoms with Crippen molar-refractivity contribution in [2.24, 2.45) is 0 Å². The first-order valence-electron chi connectivity index (χ1n) is 8.05. The summed E-state index contributed by atoms with van der Waals surface area (Å²) in [5, 5.41) is 0.531. The third kappa shape index (κ3) is 4.47. The molecule has 0 unspecified atom stereocenters. The van der Waals surface area contributed by atoms with Gasteiger partial charge in [-0.3, -0.25) is 4.79 Å². The van der Waals surface area contributed by atoms with E-state index in [1.165, 1.54) is 0 Å². The fourth-order valence-corrected chi connectivity index (χ4v) is 3.12. The summed E-state index contributed by atoms with van der Waals surface area (Å²) >= 11 is 11.4. The van der Waals surface area contributed by atoms with Gasteiger partial charge in [0.05, 0.1) is 5.57 Å². The lowest BCUT2D eigenvalue weighted by molar-refractivity contribution is -0.114. The lowest BCUT2D eigenvalue weighted by Crippen LogP contribution is -2.16. The number of carbonyl (C=O) groups is 1. The van der Waals surface area contributed by atoms with Crippen molar-refractivity contribution in [2.75, 3.05) is 0 Å². The van der Waals surface area contributed by atoms with Gasteiger partial charge in [0.1, 0.15) is 12.4 Å². The molecule has 2 aromatic carbocycles. The summed E-state index contributed by atoms with van der Waals surface area (Å²) < 4.78 is 11.2. The van der Waals surface area contributed by atoms with Gasteiger partial charge in [-0.15, -0.1) is 0 Å². The van der Waals surface area contributed by atoms with Crippen LogP contribution in [0.3, 0.4) is 0 Å². The van der Waals surface area contributed by atoms with Crippen LogP contribution in [0.25, 0.3) is 5.57 Å². The molecule has 0 spiro atoms. The van der Waals surface area contributed by atoms with E-state index in [0.29, 0.717) is 41.4 Å². The standard InChI is InChI=1S/C20H17ClO3S/c21-16-10-5-4-9-15(16)19-17(22)11-6-12-18(19)24-20(25)23-13-14-7-2-1-3-8-14/h1-5,7-10H,6,11-13H2. The molecule has 0 bridgehead atoms. The molecular weight excluding hydrogens is 356 g/mol. The Labute approximate surface area is 157 Å². The Morgan fingerprint density at radius 1 is 1.04 bits per heavy atom. The van der Waals surface area contributed by atoms with E-state index >= 15 is 0 Å². The molecule has 0 amide bonds. The molecule has 128 valence electrons. The van der Waals surface area contributed by atoms with Gasteiger partial charge in [-0.25, -0.2) is 0 Å². The van der Waals surface area contributed by atoms with Crippen LogP contribution in [0.4, 0.5) is 0 Å². The lowest BCUT2D eigenvalue weighted by atomic mass is 9.91. The predicted molar refractivity (Wildman–Crippen MR) is 102 cm³/mol. The molecule has 0 atom stereocenters. The van der Waals surface area contributed by atoms with Gasteiger partial charge >= 0.3 is 5.24 Å². The summed E-state index contributed by atoms with van der Waals surface area (Å²) in [7, 11) is 0. The van der Waals surface area contributed by atoms with E-state index in [9.17, 15) is 4.79 Å². The molecule has 1 aliphatic rings. The summed E-state index contributed by atoms with van der Waals surface area (Å²) in [6.45, 7) is 0.322. The maximum Gasteiger partial charge on any atom is 0.357 e. The van der Waals surface area contributed by atoms with Crippen LogP contribution < -0.4 is 0 Å². The third-order valence-corrected chi connectivity index (χ3v) is 4.45. The molecule has 0 aliphatic heterocycles. The van der Waals surface area contributed by atoms with Crippen LogP contribution in [-0.2, 0) is 20.9 Å². The van der Waals surface area contributed by atoms with E-state index in [1.807, 2.05) is 48.5 Å². The highest BCUT2D eigenvalue weighted by molar-refractivity contribution is 7.79. The second kappa shape index (κ2) is 8.28. The number of hydrogen-bond acceptors (Lipinski definition) is 4. The van der Waals surface area contributed by atoms with Crippen LogP contribution in [0.5, 0.6) is 0 Å². The molecule has 1 aliphatic carbocycles. The smallest absolute Gasteiger partial charge is 0.357 e.